The van der Waals surface area contributed by atoms with Crippen molar-refractivity contribution >= 4 is 37.3 Å². The van der Waals surface area contributed by atoms with E-state index in [4.69, 9.17) is 4.42 Å². The van der Waals surface area contributed by atoms with Gasteiger partial charge in [-0.25, -0.2) is 13.4 Å². The largest absolute Gasteiger partial charge is 0.421 e. The number of hydrogen-bond donors (Lipinski definition) is 1. The van der Waals surface area contributed by atoms with Crippen molar-refractivity contribution in [2.45, 2.75) is 11.8 Å². The Morgan fingerprint density at radius 1 is 1.00 bits per heavy atom. The zero-order valence-electron chi connectivity index (χ0n) is 16.2. The number of pyridine rings is 1. The normalized spacial score (nSPS) is 11.6. The van der Waals surface area contributed by atoms with Crippen molar-refractivity contribution < 1.29 is 12.8 Å². The number of thiazole rings is 1. The van der Waals surface area contributed by atoms with Crippen molar-refractivity contribution in [1.82, 2.24) is 20.2 Å². The molecule has 154 valence electrons. The number of aromatic nitrogens is 4. The predicted molar refractivity (Wildman–Crippen MR) is 118 cm³/mol. The molecule has 0 unspecified atom stereocenters. The Bertz CT molecular complexity index is 1480. The van der Waals surface area contributed by atoms with E-state index in [-0.39, 0.29) is 10.8 Å². The van der Waals surface area contributed by atoms with Gasteiger partial charge in [-0.15, -0.1) is 21.5 Å². The van der Waals surface area contributed by atoms with E-state index in [0.29, 0.717) is 17.1 Å². The predicted octanol–water partition coefficient (Wildman–Crippen LogP) is 4.52. The molecule has 3 heterocycles. The van der Waals surface area contributed by atoms with Gasteiger partial charge in [0.1, 0.15) is 5.01 Å². The van der Waals surface area contributed by atoms with Crippen LogP contribution in [-0.2, 0) is 10.0 Å². The van der Waals surface area contributed by atoms with Gasteiger partial charge in [0.2, 0.25) is 11.8 Å². The molecule has 2 aromatic carbocycles. The van der Waals surface area contributed by atoms with Crippen molar-refractivity contribution in [2.75, 3.05) is 4.72 Å². The van der Waals surface area contributed by atoms with Crippen LogP contribution in [0.25, 0.3) is 32.2 Å². The Morgan fingerprint density at radius 2 is 1.84 bits per heavy atom. The maximum absolute atomic E-state index is 13.0. The monoisotopic (exact) mass is 449 g/mol. The summed E-state index contributed by atoms with van der Waals surface area (Å²) in [5.41, 5.74) is 2.64. The molecule has 0 saturated heterocycles. The lowest BCUT2D eigenvalue weighted by Crippen LogP contribution is -2.13. The van der Waals surface area contributed by atoms with Crippen LogP contribution < -0.4 is 4.72 Å². The molecule has 5 rings (SSSR count). The molecule has 5 aromatic rings. The van der Waals surface area contributed by atoms with Crippen LogP contribution in [0.4, 0.5) is 5.69 Å². The second kappa shape index (κ2) is 7.56. The Labute approximate surface area is 181 Å². The zero-order valence-corrected chi connectivity index (χ0v) is 17.8. The molecule has 0 spiro atoms. The first kappa shape index (κ1) is 19.3. The number of sulfonamides is 1. The fraction of sp³-hybridized carbons (Fsp3) is 0.0476. The molecule has 0 bridgehead atoms. The van der Waals surface area contributed by atoms with Crippen LogP contribution in [0.5, 0.6) is 0 Å². The molecule has 0 amide bonds. The van der Waals surface area contributed by atoms with Gasteiger partial charge < -0.3 is 4.42 Å². The summed E-state index contributed by atoms with van der Waals surface area (Å²) in [4.78, 5) is 8.81. The van der Waals surface area contributed by atoms with Crippen LogP contribution in [0.2, 0.25) is 0 Å². The molecule has 0 aliphatic carbocycles. The molecule has 3 aromatic heterocycles. The van der Waals surface area contributed by atoms with E-state index in [1.165, 1.54) is 23.5 Å². The Kier molecular flexibility index (Phi) is 4.72. The highest BCUT2D eigenvalue weighted by molar-refractivity contribution is 7.92. The molecule has 0 atom stereocenters. The molecule has 0 radical (unpaired) electrons. The minimum Gasteiger partial charge on any atom is -0.421 e. The lowest BCUT2D eigenvalue weighted by molar-refractivity contribution is 0.532. The van der Waals surface area contributed by atoms with E-state index < -0.39 is 10.0 Å². The number of benzene rings is 2. The second-order valence-corrected chi connectivity index (χ2v) is 9.42. The summed E-state index contributed by atoms with van der Waals surface area (Å²) in [5.74, 6) is 0.672. The first-order valence-electron chi connectivity index (χ1n) is 9.22. The van der Waals surface area contributed by atoms with E-state index in [1.54, 1.807) is 49.6 Å². The number of fused-ring (bicyclic) bond motifs is 1. The molecule has 0 aliphatic heterocycles. The first-order valence-corrected chi connectivity index (χ1v) is 11.5. The van der Waals surface area contributed by atoms with E-state index in [0.717, 1.165) is 20.8 Å². The van der Waals surface area contributed by atoms with Gasteiger partial charge in [0, 0.05) is 36.1 Å². The Morgan fingerprint density at radius 3 is 2.65 bits per heavy atom. The minimum atomic E-state index is -3.83. The molecule has 0 fully saturated rings. The Balaban J connectivity index is 1.45. The summed E-state index contributed by atoms with van der Waals surface area (Å²) in [6, 6.07) is 15.3. The van der Waals surface area contributed by atoms with E-state index in [9.17, 15) is 8.42 Å². The van der Waals surface area contributed by atoms with Gasteiger partial charge in [0.05, 0.1) is 15.1 Å². The molecule has 0 saturated carbocycles. The smallest absolute Gasteiger partial charge is 0.261 e. The zero-order chi connectivity index (χ0) is 21.4. The summed E-state index contributed by atoms with van der Waals surface area (Å²) < 4.78 is 35.0. The molecular weight excluding hydrogens is 434 g/mol. The van der Waals surface area contributed by atoms with E-state index >= 15 is 0 Å². The number of hydrogen-bond acceptors (Lipinski definition) is 8. The van der Waals surface area contributed by atoms with Gasteiger partial charge in [-0.3, -0.25) is 9.71 Å². The lowest BCUT2D eigenvalue weighted by atomic mass is 10.2. The topological polar surface area (TPSA) is 111 Å². The van der Waals surface area contributed by atoms with Gasteiger partial charge in [0.25, 0.3) is 10.0 Å². The van der Waals surface area contributed by atoms with Gasteiger partial charge in [-0.1, -0.05) is 18.2 Å². The molecule has 10 heteroatoms. The lowest BCUT2D eigenvalue weighted by Gasteiger charge is -2.09. The average Bonchev–Trinajstić information content (AvgIpc) is 3.40. The van der Waals surface area contributed by atoms with Gasteiger partial charge >= 0.3 is 0 Å². The molecular formula is C21H15N5O3S2. The van der Waals surface area contributed by atoms with Crippen LogP contribution in [0.1, 0.15) is 5.89 Å². The third-order valence-electron chi connectivity index (χ3n) is 4.47. The molecule has 31 heavy (non-hydrogen) atoms. The summed E-state index contributed by atoms with van der Waals surface area (Å²) in [5, 5.41) is 8.52. The number of rotatable bonds is 5. The van der Waals surface area contributed by atoms with Gasteiger partial charge in [-0.2, -0.15) is 0 Å². The van der Waals surface area contributed by atoms with Crippen molar-refractivity contribution in [2.24, 2.45) is 0 Å². The van der Waals surface area contributed by atoms with Gasteiger partial charge in [-0.05, 0) is 36.4 Å². The number of nitrogens with one attached hydrogen (secondary N) is 1. The third kappa shape index (κ3) is 3.90. The quantitative estimate of drug-likeness (QED) is 0.420. The molecule has 0 aliphatic rings. The van der Waals surface area contributed by atoms with Crippen LogP contribution >= 0.6 is 11.3 Å². The summed E-state index contributed by atoms with van der Waals surface area (Å²) in [6.45, 7) is 1.67. The SMILES string of the molecule is Cc1nnc(-c2cccc(S(=O)(=O)Nc3cccc(-c4nc5ccncc5s4)c3)c2)o1. The first-order chi connectivity index (χ1) is 15.0. The summed E-state index contributed by atoms with van der Waals surface area (Å²) >= 11 is 1.50. The van der Waals surface area contributed by atoms with Crippen LogP contribution in [0, 0.1) is 6.92 Å². The number of aryl methyl sites for hydroxylation is 1. The van der Waals surface area contributed by atoms with E-state index in [2.05, 4.69) is 24.9 Å². The van der Waals surface area contributed by atoms with Crippen LogP contribution in [-0.4, -0.2) is 28.6 Å². The van der Waals surface area contributed by atoms with Gasteiger partial charge in [0.15, 0.2) is 0 Å². The molecule has 8 nitrogen and oxygen atoms in total. The maximum atomic E-state index is 13.0. The highest BCUT2D eigenvalue weighted by Crippen LogP contribution is 2.31. The minimum absolute atomic E-state index is 0.0947. The standard InChI is InChI=1S/C21H15N5O3S2/c1-13-24-25-20(29-13)14-4-3-7-17(11-14)31(27,28)26-16-6-2-5-15(10-16)21-23-18-8-9-22-12-19(18)30-21/h2-12,26H,1H3. The van der Waals surface area contributed by atoms with E-state index in [1.807, 2.05) is 12.1 Å². The number of anilines is 1. The fourth-order valence-corrected chi connectivity index (χ4v) is 5.07. The Hall–Kier alpha value is -3.63. The van der Waals surface area contributed by atoms with Crippen molar-refractivity contribution in [3.05, 3.63) is 72.9 Å². The highest BCUT2D eigenvalue weighted by atomic mass is 32.2. The summed E-state index contributed by atoms with van der Waals surface area (Å²) in [6.07, 6.45) is 3.46. The average molecular weight is 450 g/mol. The fourth-order valence-electron chi connectivity index (χ4n) is 3.04. The van der Waals surface area contributed by atoms with Crippen LogP contribution in [0.3, 0.4) is 0 Å². The highest BCUT2D eigenvalue weighted by Gasteiger charge is 2.17. The van der Waals surface area contributed by atoms with Crippen LogP contribution in [0.15, 0.2) is 76.3 Å². The van der Waals surface area contributed by atoms with Crippen molar-refractivity contribution in [3.8, 4) is 22.0 Å². The number of nitrogens with zero attached hydrogens (tertiary/aromatic N) is 4. The third-order valence-corrected chi connectivity index (χ3v) is 6.90. The van der Waals surface area contributed by atoms with Crippen molar-refractivity contribution in [1.29, 1.82) is 0 Å². The molecule has 1 N–H and O–H groups in total. The maximum Gasteiger partial charge on any atom is 0.261 e. The van der Waals surface area contributed by atoms with Crippen molar-refractivity contribution in [3.63, 3.8) is 0 Å². The summed E-state index contributed by atoms with van der Waals surface area (Å²) in [7, 11) is -3.83. The second-order valence-electron chi connectivity index (χ2n) is 6.70.